The molecule has 1 atom stereocenters. The van der Waals surface area contributed by atoms with E-state index in [2.05, 4.69) is 11.6 Å². The number of rotatable bonds is 8. The van der Waals surface area contributed by atoms with Crippen molar-refractivity contribution >= 4 is 51.9 Å². The Morgan fingerprint density at radius 2 is 1.35 bits per heavy atom. The lowest BCUT2D eigenvalue weighted by Gasteiger charge is -2.32. The summed E-state index contributed by atoms with van der Waals surface area (Å²) in [6.07, 6.45) is -1.16. The Morgan fingerprint density at radius 1 is 0.923 bits per heavy atom. The van der Waals surface area contributed by atoms with E-state index in [0.717, 1.165) is 0 Å². The molecule has 0 heterocycles. The zero-order valence-corrected chi connectivity index (χ0v) is 17.4. The Morgan fingerprint density at radius 3 is 1.69 bits per heavy atom. The first-order chi connectivity index (χ1) is 12.1. The highest BCUT2D eigenvalue weighted by molar-refractivity contribution is 14.1. The third-order valence-electron chi connectivity index (χ3n) is 4.14. The maximum Gasteiger partial charge on any atom is 0.384 e. The predicted octanol–water partition coefficient (Wildman–Crippen LogP) is 6.05. The van der Waals surface area contributed by atoms with E-state index < -0.39 is 30.5 Å². The van der Waals surface area contributed by atoms with Crippen molar-refractivity contribution in [2.75, 3.05) is 4.43 Å². The Labute approximate surface area is 168 Å². The van der Waals surface area contributed by atoms with Gasteiger partial charge in [0.2, 0.25) is 0 Å². The number of benzene rings is 2. The maximum atomic E-state index is 14.1. The van der Waals surface area contributed by atoms with Crippen molar-refractivity contribution in [3.63, 3.8) is 0 Å². The van der Waals surface area contributed by atoms with Crippen LogP contribution in [0, 0.1) is 0 Å². The molecule has 0 N–H and O–H groups in total. The molecule has 0 aromatic heterocycles. The molecular formula is C18H17ClF4IOP. The fourth-order valence-corrected chi connectivity index (χ4v) is 7.49. The highest BCUT2D eigenvalue weighted by Crippen LogP contribution is 2.55. The molecule has 0 aliphatic rings. The molecule has 0 fully saturated rings. The van der Waals surface area contributed by atoms with Crippen molar-refractivity contribution in [3.05, 3.63) is 60.7 Å². The minimum Gasteiger partial charge on any atom is -0.313 e. The van der Waals surface area contributed by atoms with E-state index in [9.17, 15) is 22.1 Å². The first kappa shape index (κ1) is 21.7. The van der Waals surface area contributed by atoms with Crippen molar-refractivity contribution < 1.29 is 22.1 Å². The van der Waals surface area contributed by atoms with Crippen LogP contribution in [0.4, 0.5) is 17.6 Å². The van der Waals surface area contributed by atoms with Crippen LogP contribution in [0.5, 0.6) is 0 Å². The van der Waals surface area contributed by atoms with Crippen LogP contribution in [0.1, 0.15) is 12.8 Å². The molecule has 0 spiro atoms. The Balaban J connectivity index is 2.60. The van der Waals surface area contributed by atoms with Gasteiger partial charge in [0, 0.05) is 27.1 Å². The minimum absolute atomic E-state index is 0.101. The molecule has 0 bridgehead atoms. The summed E-state index contributed by atoms with van der Waals surface area (Å²) < 4.78 is 69.0. The van der Waals surface area contributed by atoms with Gasteiger partial charge in [-0.3, -0.25) is 0 Å². The quantitative estimate of drug-likeness (QED) is 0.180. The lowest BCUT2D eigenvalue weighted by molar-refractivity contribution is -0.161. The normalized spacial score (nSPS) is 14.2. The minimum atomic E-state index is -4.70. The molecule has 1 nitrogen and oxygen atoms in total. The fraction of sp³-hybridized carbons (Fsp3) is 0.333. The molecule has 2 rings (SSSR count). The van der Waals surface area contributed by atoms with Gasteiger partial charge in [-0.15, -0.1) is 0 Å². The summed E-state index contributed by atoms with van der Waals surface area (Å²) >= 11 is 6.60. The Hall–Kier alpha value is -0.590. The Kier molecular flexibility index (Phi) is 7.19. The van der Waals surface area contributed by atoms with Crippen LogP contribution in [-0.2, 0) is 4.57 Å². The van der Waals surface area contributed by atoms with Gasteiger partial charge in [0.1, 0.15) is 7.14 Å². The summed E-state index contributed by atoms with van der Waals surface area (Å²) in [5.41, 5.74) is -1.16. The first-order valence-corrected chi connectivity index (χ1v) is 11.5. The van der Waals surface area contributed by atoms with Crippen molar-refractivity contribution in [1.29, 1.82) is 0 Å². The van der Waals surface area contributed by atoms with Gasteiger partial charge < -0.3 is 4.57 Å². The van der Waals surface area contributed by atoms with Crippen LogP contribution in [0.3, 0.4) is 0 Å². The molecule has 142 valence electrons. The van der Waals surface area contributed by atoms with Gasteiger partial charge in [-0.05, 0) is 18.0 Å². The lowest BCUT2D eigenvalue weighted by atomic mass is 10.1. The van der Waals surface area contributed by atoms with Gasteiger partial charge in [0.25, 0.3) is 0 Å². The van der Waals surface area contributed by atoms with Crippen LogP contribution >= 0.6 is 41.3 Å². The highest BCUT2D eigenvalue weighted by atomic mass is 127. The predicted molar refractivity (Wildman–Crippen MR) is 107 cm³/mol. The maximum absolute atomic E-state index is 14.1. The molecule has 0 saturated heterocycles. The molecule has 2 aromatic carbocycles. The summed E-state index contributed by atoms with van der Waals surface area (Å²) in [6.45, 7) is 0. The van der Waals surface area contributed by atoms with Crippen LogP contribution in [0.25, 0.3) is 0 Å². The second-order valence-electron chi connectivity index (χ2n) is 5.87. The third-order valence-corrected chi connectivity index (χ3v) is 8.64. The van der Waals surface area contributed by atoms with Gasteiger partial charge >= 0.3 is 11.3 Å². The summed E-state index contributed by atoms with van der Waals surface area (Å²) in [5.74, 6) is -4.47. The van der Waals surface area contributed by atoms with Crippen molar-refractivity contribution in [3.8, 4) is 0 Å². The summed E-state index contributed by atoms with van der Waals surface area (Å²) in [6, 6.07) is 16.4. The van der Waals surface area contributed by atoms with E-state index in [-0.39, 0.29) is 6.42 Å². The van der Waals surface area contributed by atoms with Crippen LogP contribution in [0.15, 0.2) is 60.7 Å². The van der Waals surface area contributed by atoms with Crippen LogP contribution in [-0.4, -0.2) is 21.4 Å². The van der Waals surface area contributed by atoms with Crippen LogP contribution < -0.4 is 10.6 Å². The topological polar surface area (TPSA) is 17.1 Å². The second kappa shape index (κ2) is 8.61. The third kappa shape index (κ3) is 4.63. The molecule has 26 heavy (non-hydrogen) atoms. The molecule has 0 aliphatic heterocycles. The summed E-state index contributed by atoms with van der Waals surface area (Å²) in [5, 5.41) is -3.96. The molecule has 0 aliphatic carbocycles. The molecule has 1 unspecified atom stereocenters. The second-order valence-corrected chi connectivity index (χ2v) is 10.5. The Bertz CT molecular complexity index is 709. The lowest BCUT2D eigenvalue weighted by Crippen LogP contribution is -2.40. The molecule has 8 heteroatoms. The van der Waals surface area contributed by atoms with Gasteiger partial charge in [0.15, 0.2) is 0 Å². The van der Waals surface area contributed by atoms with E-state index in [1.165, 1.54) is 0 Å². The molecule has 0 saturated carbocycles. The standard InChI is InChI=1S/C18H17ClF4IOP/c19-18(22,23)17(20,21)13-16(11-12-24)26(25,14-7-3-1-4-8-14)15-9-5-2-6-10-15/h1-10,16H,11-13H2. The van der Waals surface area contributed by atoms with E-state index in [0.29, 0.717) is 15.0 Å². The van der Waals surface area contributed by atoms with E-state index in [1.54, 1.807) is 60.7 Å². The van der Waals surface area contributed by atoms with E-state index in [1.807, 2.05) is 22.6 Å². The van der Waals surface area contributed by atoms with Gasteiger partial charge in [-0.1, -0.05) is 83.3 Å². The average molecular weight is 519 g/mol. The number of halogens is 6. The van der Waals surface area contributed by atoms with Gasteiger partial charge in [-0.2, -0.15) is 17.6 Å². The average Bonchev–Trinajstić information content (AvgIpc) is 2.61. The van der Waals surface area contributed by atoms with Crippen molar-refractivity contribution in [2.45, 2.75) is 29.8 Å². The zero-order chi connectivity index (χ0) is 19.4. The highest BCUT2D eigenvalue weighted by Gasteiger charge is 2.57. The molecule has 0 radical (unpaired) electrons. The fourth-order valence-electron chi connectivity index (χ4n) is 2.82. The molecule has 2 aromatic rings. The van der Waals surface area contributed by atoms with Crippen molar-refractivity contribution in [1.82, 2.24) is 0 Å². The monoisotopic (exact) mass is 518 g/mol. The van der Waals surface area contributed by atoms with Gasteiger partial charge in [0.05, 0.1) is 0 Å². The SMILES string of the molecule is O=P(c1ccccc1)(c1ccccc1)C(CCI)CC(F)(F)C(F)(F)Cl. The summed E-state index contributed by atoms with van der Waals surface area (Å²) in [4.78, 5) is 0. The molecular weight excluding hydrogens is 502 g/mol. The number of hydrogen-bond donors (Lipinski definition) is 0. The van der Waals surface area contributed by atoms with Gasteiger partial charge in [-0.25, -0.2) is 0 Å². The van der Waals surface area contributed by atoms with E-state index in [4.69, 9.17) is 0 Å². The van der Waals surface area contributed by atoms with Crippen LogP contribution in [0.2, 0.25) is 0 Å². The molecule has 0 amide bonds. The zero-order valence-electron chi connectivity index (χ0n) is 13.6. The van der Waals surface area contributed by atoms with Crippen molar-refractivity contribution in [2.24, 2.45) is 0 Å². The van der Waals surface area contributed by atoms with E-state index >= 15 is 0 Å². The smallest absolute Gasteiger partial charge is 0.313 e. The summed E-state index contributed by atoms with van der Waals surface area (Å²) in [7, 11) is -3.59. The number of hydrogen-bond acceptors (Lipinski definition) is 1. The largest absolute Gasteiger partial charge is 0.384 e. The number of alkyl halides is 6. The first-order valence-electron chi connectivity index (χ1n) is 7.84.